The quantitative estimate of drug-likeness (QED) is 0.794. The second kappa shape index (κ2) is 7.65. The minimum Gasteiger partial charge on any atom is -0.356 e. The summed E-state index contributed by atoms with van der Waals surface area (Å²) in [6.45, 7) is 2.15. The molecule has 0 radical (unpaired) electrons. The molecule has 1 aliphatic heterocycles. The van der Waals surface area contributed by atoms with E-state index in [9.17, 15) is 9.59 Å². The van der Waals surface area contributed by atoms with Crippen LogP contribution in [0.4, 0.5) is 0 Å². The Morgan fingerprint density at radius 1 is 1.55 bits per heavy atom. The molecule has 1 aromatic heterocycles. The molecule has 0 aromatic carbocycles. The Morgan fingerprint density at radius 2 is 2.32 bits per heavy atom. The predicted octanol–water partition coefficient (Wildman–Crippen LogP) is 1.34. The van der Waals surface area contributed by atoms with Gasteiger partial charge in [0, 0.05) is 38.3 Å². The molecule has 0 saturated carbocycles. The first kappa shape index (κ1) is 16.8. The van der Waals surface area contributed by atoms with Crippen molar-refractivity contribution in [3.63, 3.8) is 0 Å². The van der Waals surface area contributed by atoms with Crippen LogP contribution in [-0.2, 0) is 4.79 Å². The number of carbonyl (C=O) groups is 2. The van der Waals surface area contributed by atoms with E-state index in [2.05, 4.69) is 15.2 Å². The summed E-state index contributed by atoms with van der Waals surface area (Å²) in [6.07, 6.45) is 3.84. The van der Waals surface area contributed by atoms with E-state index >= 15 is 0 Å². The van der Waals surface area contributed by atoms with E-state index in [-0.39, 0.29) is 17.9 Å². The Hall–Kier alpha value is -1.53. The molecule has 1 aromatic rings. The Labute approximate surface area is 135 Å². The minimum absolute atomic E-state index is 0.170. The second-order valence-corrected chi connectivity index (χ2v) is 6.30. The predicted molar refractivity (Wildman–Crippen MR) is 86.0 cm³/mol. The third kappa shape index (κ3) is 4.48. The van der Waals surface area contributed by atoms with Crippen molar-refractivity contribution in [2.75, 3.05) is 33.7 Å². The van der Waals surface area contributed by atoms with Crippen molar-refractivity contribution in [2.24, 2.45) is 0 Å². The summed E-state index contributed by atoms with van der Waals surface area (Å²) in [5.74, 6) is 0.0467. The summed E-state index contributed by atoms with van der Waals surface area (Å²) in [6, 6.07) is 1.82. The number of rotatable bonds is 7. The van der Waals surface area contributed by atoms with Crippen molar-refractivity contribution in [3.05, 3.63) is 23.0 Å². The molecule has 2 heterocycles. The number of hydrogen-bond donors (Lipinski definition) is 2. The lowest BCUT2D eigenvalue weighted by molar-refractivity contribution is -0.129. The van der Waals surface area contributed by atoms with E-state index in [0.717, 1.165) is 25.9 Å². The van der Waals surface area contributed by atoms with Crippen molar-refractivity contribution < 1.29 is 9.59 Å². The van der Waals surface area contributed by atoms with Crippen molar-refractivity contribution in [1.29, 1.82) is 0 Å². The third-order valence-electron chi connectivity index (χ3n) is 3.90. The maximum absolute atomic E-state index is 11.9. The van der Waals surface area contributed by atoms with E-state index in [4.69, 9.17) is 11.6 Å². The van der Waals surface area contributed by atoms with Crippen LogP contribution in [0.3, 0.4) is 0 Å². The molecule has 2 N–H and O–H groups in total. The zero-order valence-corrected chi connectivity index (χ0v) is 13.8. The van der Waals surface area contributed by atoms with Gasteiger partial charge in [-0.05, 0) is 33.0 Å². The molecular formula is C15H23ClN4O2. The van der Waals surface area contributed by atoms with Gasteiger partial charge in [-0.15, -0.1) is 0 Å². The van der Waals surface area contributed by atoms with Crippen LogP contribution in [0, 0.1) is 0 Å². The first-order valence-electron chi connectivity index (χ1n) is 7.53. The van der Waals surface area contributed by atoms with Gasteiger partial charge in [-0.1, -0.05) is 11.6 Å². The Balaban J connectivity index is 1.77. The van der Waals surface area contributed by atoms with Crippen LogP contribution in [-0.4, -0.2) is 66.4 Å². The molecule has 1 aliphatic rings. The fraction of sp³-hybridized carbons (Fsp3) is 0.600. The molecule has 22 heavy (non-hydrogen) atoms. The SMILES string of the molecule is CN(C)CCN1C(=O)CCC1CCNC(=O)c1cc(Cl)c[nH]1. The number of likely N-dealkylation sites (N-methyl/N-ethyl adjacent to an activating group) is 1. The number of nitrogens with one attached hydrogen (secondary N) is 2. The Bertz CT molecular complexity index is 529. The average Bonchev–Trinajstić information content (AvgIpc) is 3.03. The Morgan fingerprint density at radius 3 is 2.95 bits per heavy atom. The van der Waals surface area contributed by atoms with E-state index in [0.29, 0.717) is 23.7 Å². The number of H-pyrrole nitrogens is 1. The lowest BCUT2D eigenvalue weighted by Gasteiger charge is -2.26. The molecule has 122 valence electrons. The molecule has 0 aliphatic carbocycles. The van der Waals surface area contributed by atoms with Gasteiger partial charge in [0.25, 0.3) is 5.91 Å². The van der Waals surface area contributed by atoms with Crippen LogP contribution in [0.5, 0.6) is 0 Å². The van der Waals surface area contributed by atoms with Crippen molar-refractivity contribution in [3.8, 4) is 0 Å². The molecule has 2 amide bonds. The summed E-state index contributed by atoms with van der Waals surface area (Å²) in [7, 11) is 3.99. The largest absolute Gasteiger partial charge is 0.356 e. The highest BCUT2D eigenvalue weighted by Crippen LogP contribution is 2.20. The smallest absolute Gasteiger partial charge is 0.267 e. The van der Waals surface area contributed by atoms with Gasteiger partial charge in [0.1, 0.15) is 5.69 Å². The zero-order chi connectivity index (χ0) is 16.1. The fourth-order valence-electron chi connectivity index (χ4n) is 2.65. The summed E-state index contributed by atoms with van der Waals surface area (Å²) in [5, 5.41) is 3.38. The highest BCUT2D eigenvalue weighted by atomic mass is 35.5. The van der Waals surface area contributed by atoms with Crippen LogP contribution in [0.15, 0.2) is 12.3 Å². The van der Waals surface area contributed by atoms with Gasteiger partial charge in [0.15, 0.2) is 0 Å². The van der Waals surface area contributed by atoms with Crippen LogP contribution < -0.4 is 5.32 Å². The zero-order valence-electron chi connectivity index (χ0n) is 13.1. The maximum Gasteiger partial charge on any atom is 0.267 e. The average molecular weight is 327 g/mol. The van der Waals surface area contributed by atoms with Crippen LogP contribution in [0.1, 0.15) is 29.8 Å². The standard InChI is InChI=1S/C15H23ClN4O2/c1-19(2)7-8-20-12(3-4-14(20)21)5-6-17-15(22)13-9-11(16)10-18-13/h9-10,12,18H,3-8H2,1-2H3,(H,17,22). The molecule has 0 bridgehead atoms. The molecule has 2 rings (SSSR count). The normalized spacial score (nSPS) is 18.3. The van der Waals surface area contributed by atoms with Crippen molar-refractivity contribution in [2.45, 2.75) is 25.3 Å². The summed E-state index contributed by atoms with van der Waals surface area (Å²) >= 11 is 5.78. The van der Waals surface area contributed by atoms with Gasteiger partial charge in [0.05, 0.1) is 5.02 Å². The number of carbonyl (C=O) groups excluding carboxylic acids is 2. The van der Waals surface area contributed by atoms with Crippen LogP contribution in [0.2, 0.25) is 5.02 Å². The van der Waals surface area contributed by atoms with Gasteiger partial charge >= 0.3 is 0 Å². The molecule has 1 unspecified atom stereocenters. The van der Waals surface area contributed by atoms with Gasteiger partial charge in [-0.3, -0.25) is 9.59 Å². The van der Waals surface area contributed by atoms with E-state index < -0.39 is 0 Å². The monoisotopic (exact) mass is 326 g/mol. The highest BCUT2D eigenvalue weighted by Gasteiger charge is 2.30. The van der Waals surface area contributed by atoms with Gasteiger partial charge in [-0.2, -0.15) is 0 Å². The van der Waals surface area contributed by atoms with E-state index in [1.54, 1.807) is 12.3 Å². The number of nitrogens with zero attached hydrogens (tertiary/aromatic N) is 2. The number of aromatic amines is 1. The summed E-state index contributed by atoms with van der Waals surface area (Å²) in [4.78, 5) is 30.7. The Kier molecular flexibility index (Phi) is 5.85. The topological polar surface area (TPSA) is 68.4 Å². The molecule has 0 spiro atoms. The van der Waals surface area contributed by atoms with Gasteiger partial charge in [0.2, 0.25) is 5.91 Å². The van der Waals surface area contributed by atoms with Crippen molar-refractivity contribution in [1.82, 2.24) is 20.1 Å². The number of hydrogen-bond acceptors (Lipinski definition) is 3. The molecule has 6 nitrogen and oxygen atoms in total. The van der Waals surface area contributed by atoms with E-state index in [1.807, 2.05) is 19.0 Å². The van der Waals surface area contributed by atoms with Gasteiger partial charge in [-0.25, -0.2) is 0 Å². The molecular weight excluding hydrogens is 304 g/mol. The molecule has 7 heteroatoms. The highest BCUT2D eigenvalue weighted by molar-refractivity contribution is 6.30. The first-order chi connectivity index (χ1) is 10.5. The van der Waals surface area contributed by atoms with Crippen LogP contribution >= 0.6 is 11.6 Å². The summed E-state index contributed by atoms with van der Waals surface area (Å²) in [5.41, 5.74) is 0.456. The first-order valence-corrected chi connectivity index (χ1v) is 7.91. The lowest BCUT2D eigenvalue weighted by atomic mass is 10.1. The molecule has 1 fully saturated rings. The van der Waals surface area contributed by atoms with Crippen LogP contribution in [0.25, 0.3) is 0 Å². The van der Waals surface area contributed by atoms with Gasteiger partial charge < -0.3 is 20.1 Å². The number of halogens is 1. The third-order valence-corrected chi connectivity index (χ3v) is 4.11. The maximum atomic E-state index is 11.9. The molecule has 1 saturated heterocycles. The second-order valence-electron chi connectivity index (χ2n) is 5.86. The lowest BCUT2D eigenvalue weighted by Crippen LogP contribution is -2.40. The number of likely N-dealkylation sites (tertiary alicyclic amines) is 1. The number of amides is 2. The van der Waals surface area contributed by atoms with E-state index in [1.165, 1.54) is 0 Å². The minimum atomic E-state index is -0.170. The number of aromatic nitrogens is 1. The fourth-order valence-corrected chi connectivity index (χ4v) is 2.82. The van der Waals surface area contributed by atoms with Crippen molar-refractivity contribution >= 4 is 23.4 Å². The molecule has 1 atom stereocenters. The summed E-state index contributed by atoms with van der Waals surface area (Å²) < 4.78 is 0.